The van der Waals surface area contributed by atoms with Crippen LogP contribution >= 0.6 is 0 Å². The normalized spacial score (nSPS) is 18.6. The lowest BCUT2D eigenvalue weighted by Crippen LogP contribution is -2.35. The van der Waals surface area contributed by atoms with Gasteiger partial charge in [0.2, 0.25) is 5.91 Å². The van der Waals surface area contributed by atoms with Crippen molar-refractivity contribution in [3.63, 3.8) is 0 Å². The zero-order valence-corrected chi connectivity index (χ0v) is 14.4. The molecule has 1 heterocycles. The van der Waals surface area contributed by atoms with E-state index in [-0.39, 0.29) is 11.8 Å². The lowest BCUT2D eigenvalue weighted by molar-refractivity contribution is -0.116. The molecule has 0 atom stereocenters. The molecule has 1 aromatic carbocycles. The molecule has 24 heavy (non-hydrogen) atoms. The molecule has 2 amide bonds. The number of likely N-dealkylation sites (tertiary alicyclic amines) is 1. The molecule has 0 unspecified atom stereocenters. The maximum atomic E-state index is 12.4. The first kappa shape index (κ1) is 17.0. The van der Waals surface area contributed by atoms with Crippen LogP contribution in [-0.2, 0) is 4.79 Å². The minimum absolute atomic E-state index is 0.0806. The monoisotopic (exact) mass is 328 g/mol. The number of hydrogen-bond acceptors (Lipinski definition) is 2. The summed E-state index contributed by atoms with van der Waals surface area (Å²) in [5.74, 6) is 0.922. The highest BCUT2D eigenvalue weighted by atomic mass is 16.2. The molecule has 1 aliphatic heterocycles. The van der Waals surface area contributed by atoms with Crippen LogP contribution in [0.4, 0.5) is 5.69 Å². The van der Waals surface area contributed by atoms with Crippen LogP contribution in [0.15, 0.2) is 24.3 Å². The lowest BCUT2D eigenvalue weighted by atomic mass is 10.0. The van der Waals surface area contributed by atoms with E-state index in [1.165, 1.54) is 32.1 Å². The first-order valence-electron chi connectivity index (χ1n) is 9.41. The van der Waals surface area contributed by atoms with Gasteiger partial charge >= 0.3 is 0 Å². The molecular weight excluding hydrogens is 300 g/mol. The van der Waals surface area contributed by atoms with Crippen LogP contribution < -0.4 is 5.32 Å². The zero-order chi connectivity index (χ0) is 16.8. The third kappa shape index (κ3) is 4.59. The van der Waals surface area contributed by atoms with Crippen molar-refractivity contribution in [2.45, 2.75) is 57.8 Å². The molecule has 0 aromatic heterocycles. The van der Waals surface area contributed by atoms with Gasteiger partial charge in [0, 0.05) is 30.8 Å². The van der Waals surface area contributed by atoms with E-state index in [0.717, 1.165) is 44.0 Å². The molecule has 3 rings (SSSR count). The third-order valence-electron chi connectivity index (χ3n) is 5.31. The van der Waals surface area contributed by atoms with Crippen molar-refractivity contribution < 1.29 is 9.59 Å². The van der Waals surface area contributed by atoms with Crippen LogP contribution in [0.2, 0.25) is 0 Å². The van der Waals surface area contributed by atoms with Crippen LogP contribution in [0.25, 0.3) is 0 Å². The van der Waals surface area contributed by atoms with E-state index >= 15 is 0 Å². The van der Waals surface area contributed by atoms with Crippen LogP contribution in [0.5, 0.6) is 0 Å². The van der Waals surface area contributed by atoms with Gasteiger partial charge in [0.1, 0.15) is 0 Å². The van der Waals surface area contributed by atoms with Gasteiger partial charge in [-0.1, -0.05) is 25.7 Å². The fourth-order valence-electron chi connectivity index (χ4n) is 3.83. The van der Waals surface area contributed by atoms with E-state index in [1.807, 2.05) is 29.2 Å². The summed E-state index contributed by atoms with van der Waals surface area (Å²) < 4.78 is 0. The van der Waals surface area contributed by atoms with Crippen molar-refractivity contribution in [1.29, 1.82) is 0 Å². The van der Waals surface area contributed by atoms with E-state index in [1.54, 1.807) is 0 Å². The first-order chi connectivity index (χ1) is 11.7. The second-order valence-electron chi connectivity index (χ2n) is 7.17. The van der Waals surface area contributed by atoms with Gasteiger partial charge in [-0.25, -0.2) is 0 Å². The summed E-state index contributed by atoms with van der Waals surface area (Å²) in [6.07, 6.45) is 10.2. The Bertz CT molecular complexity index is 556. The van der Waals surface area contributed by atoms with Gasteiger partial charge in [0.25, 0.3) is 5.91 Å². The van der Waals surface area contributed by atoms with Crippen molar-refractivity contribution in [3.05, 3.63) is 29.8 Å². The van der Waals surface area contributed by atoms with Gasteiger partial charge in [0.15, 0.2) is 0 Å². The molecule has 1 aliphatic carbocycles. The largest absolute Gasteiger partial charge is 0.339 e. The number of carbonyl (C=O) groups excluding carboxylic acids is 2. The molecule has 1 aromatic rings. The molecular formula is C20H28N2O2. The Morgan fingerprint density at radius 3 is 2.29 bits per heavy atom. The molecule has 1 saturated carbocycles. The maximum Gasteiger partial charge on any atom is 0.253 e. The summed E-state index contributed by atoms with van der Waals surface area (Å²) in [5, 5.41) is 2.95. The van der Waals surface area contributed by atoms with Crippen LogP contribution in [0, 0.1) is 5.92 Å². The van der Waals surface area contributed by atoms with E-state index in [2.05, 4.69) is 5.32 Å². The SMILES string of the molecule is O=C(CCC1CCCC1)Nc1ccc(C(=O)N2CCCCC2)cc1. The van der Waals surface area contributed by atoms with Crippen molar-refractivity contribution in [3.8, 4) is 0 Å². The number of amides is 2. The summed E-state index contributed by atoms with van der Waals surface area (Å²) >= 11 is 0. The Kier molecular flexibility index (Phi) is 5.89. The smallest absolute Gasteiger partial charge is 0.253 e. The Morgan fingerprint density at radius 2 is 1.62 bits per heavy atom. The summed E-state index contributed by atoms with van der Waals surface area (Å²) in [7, 11) is 0. The summed E-state index contributed by atoms with van der Waals surface area (Å²) in [6.45, 7) is 1.72. The second-order valence-corrected chi connectivity index (χ2v) is 7.17. The number of carbonyl (C=O) groups is 2. The topological polar surface area (TPSA) is 49.4 Å². The summed E-state index contributed by atoms with van der Waals surface area (Å²) in [5.41, 5.74) is 1.49. The molecule has 0 bridgehead atoms. The number of anilines is 1. The highest BCUT2D eigenvalue weighted by Gasteiger charge is 2.18. The molecule has 2 aliphatic rings. The van der Waals surface area contributed by atoms with Crippen molar-refractivity contribution in [1.82, 2.24) is 4.90 Å². The van der Waals surface area contributed by atoms with Gasteiger partial charge in [-0.3, -0.25) is 9.59 Å². The van der Waals surface area contributed by atoms with Gasteiger partial charge in [-0.2, -0.15) is 0 Å². The van der Waals surface area contributed by atoms with E-state index in [4.69, 9.17) is 0 Å². The van der Waals surface area contributed by atoms with Crippen molar-refractivity contribution in [2.24, 2.45) is 5.92 Å². The molecule has 1 saturated heterocycles. The van der Waals surface area contributed by atoms with Gasteiger partial charge in [-0.05, 0) is 55.9 Å². The maximum absolute atomic E-state index is 12.4. The molecule has 130 valence electrons. The number of hydrogen-bond donors (Lipinski definition) is 1. The fraction of sp³-hybridized carbons (Fsp3) is 0.600. The molecule has 0 radical (unpaired) electrons. The Hall–Kier alpha value is -1.84. The number of nitrogens with one attached hydrogen (secondary N) is 1. The van der Waals surface area contributed by atoms with Gasteiger partial charge in [-0.15, -0.1) is 0 Å². The number of nitrogens with zero attached hydrogens (tertiary/aromatic N) is 1. The molecule has 1 N–H and O–H groups in total. The van der Waals surface area contributed by atoms with Crippen LogP contribution in [0.1, 0.15) is 68.1 Å². The Morgan fingerprint density at radius 1 is 0.958 bits per heavy atom. The minimum atomic E-state index is 0.0806. The number of piperidine rings is 1. The number of rotatable bonds is 5. The van der Waals surface area contributed by atoms with E-state index in [9.17, 15) is 9.59 Å². The fourth-order valence-corrected chi connectivity index (χ4v) is 3.83. The summed E-state index contributed by atoms with van der Waals surface area (Å²) in [6, 6.07) is 7.32. The third-order valence-corrected chi connectivity index (χ3v) is 5.31. The number of benzene rings is 1. The predicted molar refractivity (Wildman–Crippen MR) is 96.0 cm³/mol. The van der Waals surface area contributed by atoms with Gasteiger partial charge < -0.3 is 10.2 Å². The first-order valence-corrected chi connectivity index (χ1v) is 9.41. The summed E-state index contributed by atoms with van der Waals surface area (Å²) in [4.78, 5) is 26.4. The Labute approximate surface area is 144 Å². The quantitative estimate of drug-likeness (QED) is 0.879. The van der Waals surface area contributed by atoms with Crippen LogP contribution in [-0.4, -0.2) is 29.8 Å². The molecule has 2 fully saturated rings. The molecule has 0 spiro atoms. The average Bonchev–Trinajstić information content (AvgIpc) is 3.14. The lowest BCUT2D eigenvalue weighted by Gasteiger charge is -2.26. The van der Waals surface area contributed by atoms with Crippen molar-refractivity contribution in [2.75, 3.05) is 18.4 Å². The second kappa shape index (κ2) is 8.32. The standard InChI is InChI=1S/C20H28N2O2/c23-19(13-8-16-6-2-3-7-16)21-18-11-9-17(10-12-18)20(24)22-14-4-1-5-15-22/h9-12,16H,1-8,13-15H2,(H,21,23). The zero-order valence-electron chi connectivity index (χ0n) is 14.4. The average molecular weight is 328 g/mol. The Balaban J connectivity index is 1.48. The van der Waals surface area contributed by atoms with Crippen LogP contribution in [0.3, 0.4) is 0 Å². The molecule has 4 heteroatoms. The minimum Gasteiger partial charge on any atom is -0.339 e. The predicted octanol–water partition coefficient (Wildman–Crippen LogP) is 4.22. The van der Waals surface area contributed by atoms with Gasteiger partial charge in [0.05, 0.1) is 0 Å². The highest BCUT2D eigenvalue weighted by molar-refractivity contribution is 5.95. The van der Waals surface area contributed by atoms with Crippen molar-refractivity contribution >= 4 is 17.5 Å². The van der Waals surface area contributed by atoms with E-state index in [0.29, 0.717) is 12.0 Å². The van der Waals surface area contributed by atoms with E-state index < -0.39 is 0 Å². The molecule has 4 nitrogen and oxygen atoms in total. The highest BCUT2D eigenvalue weighted by Crippen LogP contribution is 2.28.